The van der Waals surface area contributed by atoms with E-state index >= 15 is 0 Å². The molecule has 0 aliphatic carbocycles. The van der Waals surface area contributed by atoms with Gasteiger partial charge in [-0.1, -0.05) is 89.7 Å². The molecule has 4 aromatic carbocycles. The van der Waals surface area contributed by atoms with Crippen molar-refractivity contribution in [3.05, 3.63) is 150 Å². The molecule has 1 aliphatic heterocycles. The topological polar surface area (TPSA) is 91.2 Å². The lowest BCUT2D eigenvalue weighted by molar-refractivity contribution is -0.113. The SMILES string of the molecule is COc1cc(/C=c2\sc3n(c2=O)[C@H](c2ccccc2)C(C(=O)Nc2ccccc2)=C(C)N=3)cc(Cl)c1OCCOc1ccccc1. The molecule has 1 amide bonds. The number of ether oxygens (including phenoxy) is 3. The summed E-state index contributed by atoms with van der Waals surface area (Å²) in [5.74, 6) is 1.23. The van der Waals surface area contributed by atoms with Gasteiger partial charge in [-0.05, 0) is 60.5 Å². The highest BCUT2D eigenvalue weighted by molar-refractivity contribution is 7.07. The van der Waals surface area contributed by atoms with Crippen LogP contribution in [0.5, 0.6) is 17.2 Å². The van der Waals surface area contributed by atoms with Crippen molar-refractivity contribution in [2.75, 3.05) is 25.6 Å². The van der Waals surface area contributed by atoms with Crippen molar-refractivity contribution in [3.63, 3.8) is 0 Å². The summed E-state index contributed by atoms with van der Waals surface area (Å²) in [7, 11) is 1.53. The van der Waals surface area contributed by atoms with E-state index in [2.05, 4.69) is 5.32 Å². The number of benzene rings is 4. The molecule has 0 saturated heterocycles. The maximum atomic E-state index is 14.1. The summed E-state index contributed by atoms with van der Waals surface area (Å²) in [4.78, 5) is 33.0. The number of allylic oxidation sites excluding steroid dienone is 1. The van der Waals surface area contributed by atoms with Crippen LogP contribution in [0.15, 0.2) is 124 Å². The number of hydrogen-bond donors (Lipinski definition) is 1. The third-order valence-electron chi connectivity index (χ3n) is 7.30. The Morgan fingerprint density at radius 3 is 2.30 bits per heavy atom. The molecule has 0 fully saturated rings. The summed E-state index contributed by atoms with van der Waals surface area (Å²) in [6.07, 6.45) is 1.74. The van der Waals surface area contributed by atoms with E-state index in [-0.39, 0.29) is 18.1 Å². The largest absolute Gasteiger partial charge is 0.493 e. The van der Waals surface area contributed by atoms with Crippen LogP contribution in [0.1, 0.15) is 24.1 Å². The van der Waals surface area contributed by atoms with E-state index in [1.807, 2.05) is 91.0 Å². The number of anilines is 1. The van der Waals surface area contributed by atoms with E-state index in [1.165, 1.54) is 18.4 Å². The summed E-state index contributed by atoms with van der Waals surface area (Å²) < 4.78 is 19.2. The van der Waals surface area contributed by atoms with Crippen LogP contribution < -0.4 is 34.4 Å². The number of carbonyl (C=O) groups is 1. The van der Waals surface area contributed by atoms with E-state index in [1.54, 1.807) is 29.7 Å². The number of para-hydroxylation sites is 2. The lowest BCUT2D eigenvalue weighted by Crippen LogP contribution is -2.40. The summed E-state index contributed by atoms with van der Waals surface area (Å²) >= 11 is 7.89. The van der Waals surface area contributed by atoms with Crippen LogP contribution in [0.3, 0.4) is 0 Å². The number of hydrogen-bond acceptors (Lipinski definition) is 7. The van der Waals surface area contributed by atoms with E-state index in [4.69, 9.17) is 30.8 Å². The standard InChI is InChI=1S/C36H30ClN3O5S/c1-23-31(34(41)39-26-14-8-4-9-15-26)32(25-12-6-3-7-13-25)40-35(42)30(46-36(40)38-23)22-24-20-28(37)33(29(21-24)43-2)45-19-18-44-27-16-10-5-11-17-27/h3-17,20-22,32H,18-19H2,1-2H3,(H,39,41)/b30-22-/t32-/m1/s1. The highest BCUT2D eigenvalue weighted by Gasteiger charge is 2.32. The second kappa shape index (κ2) is 13.9. The molecule has 1 N–H and O–H groups in total. The van der Waals surface area contributed by atoms with Gasteiger partial charge in [-0.2, -0.15) is 0 Å². The number of rotatable bonds is 10. The second-order valence-electron chi connectivity index (χ2n) is 10.4. The maximum Gasteiger partial charge on any atom is 0.271 e. The molecule has 5 aromatic rings. The van der Waals surface area contributed by atoms with Gasteiger partial charge in [0.2, 0.25) is 0 Å². The number of nitrogens with zero attached hydrogens (tertiary/aromatic N) is 2. The first-order valence-electron chi connectivity index (χ1n) is 14.5. The summed E-state index contributed by atoms with van der Waals surface area (Å²) in [6.45, 7) is 2.36. The number of aromatic nitrogens is 1. The Kier molecular flexibility index (Phi) is 9.33. The number of fused-ring (bicyclic) bond motifs is 1. The molecule has 10 heteroatoms. The van der Waals surface area contributed by atoms with Crippen molar-refractivity contribution in [1.82, 2.24) is 4.57 Å². The molecule has 8 nitrogen and oxygen atoms in total. The molecule has 46 heavy (non-hydrogen) atoms. The molecule has 0 bridgehead atoms. The molecular weight excluding hydrogens is 622 g/mol. The van der Waals surface area contributed by atoms with Crippen LogP contribution >= 0.6 is 22.9 Å². The van der Waals surface area contributed by atoms with Crippen molar-refractivity contribution >= 4 is 40.6 Å². The van der Waals surface area contributed by atoms with Crippen LogP contribution in [0.25, 0.3) is 6.08 Å². The van der Waals surface area contributed by atoms with Gasteiger partial charge in [0.05, 0.1) is 34.0 Å². The van der Waals surface area contributed by atoms with Gasteiger partial charge in [-0.25, -0.2) is 4.99 Å². The minimum atomic E-state index is -0.671. The van der Waals surface area contributed by atoms with E-state index < -0.39 is 6.04 Å². The van der Waals surface area contributed by atoms with Crippen molar-refractivity contribution in [1.29, 1.82) is 0 Å². The number of carbonyl (C=O) groups excluding carboxylic acids is 1. The van der Waals surface area contributed by atoms with Crippen LogP contribution in [-0.2, 0) is 4.79 Å². The van der Waals surface area contributed by atoms with Gasteiger partial charge in [-0.3, -0.25) is 14.2 Å². The van der Waals surface area contributed by atoms with E-state index in [9.17, 15) is 9.59 Å². The third-order valence-corrected chi connectivity index (χ3v) is 8.57. The van der Waals surface area contributed by atoms with Crippen LogP contribution in [0.4, 0.5) is 5.69 Å². The van der Waals surface area contributed by atoms with Gasteiger partial charge in [0.25, 0.3) is 11.5 Å². The molecular formula is C36H30ClN3O5S. The quantitative estimate of drug-likeness (QED) is 0.187. The average Bonchev–Trinajstić information content (AvgIpc) is 3.37. The van der Waals surface area contributed by atoms with Gasteiger partial charge >= 0.3 is 0 Å². The molecule has 1 atom stereocenters. The highest BCUT2D eigenvalue weighted by Crippen LogP contribution is 2.37. The molecule has 232 valence electrons. The number of methoxy groups -OCH3 is 1. The summed E-state index contributed by atoms with van der Waals surface area (Å²) in [5, 5.41) is 3.29. The lowest BCUT2D eigenvalue weighted by Gasteiger charge is -2.25. The minimum Gasteiger partial charge on any atom is -0.493 e. The molecule has 0 spiro atoms. The number of thiazole rings is 1. The highest BCUT2D eigenvalue weighted by atomic mass is 35.5. The summed E-state index contributed by atoms with van der Waals surface area (Å²) in [5.41, 5.74) is 2.76. The molecule has 0 saturated carbocycles. The molecule has 1 aromatic heterocycles. The fourth-order valence-corrected chi connectivity index (χ4v) is 6.54. The Morgan fingerprint density at radius 1 is 0.957 bits per heavy atom. The minimum absolute atomic E-state index is 0.252. The van der Waals surface area contributed by atoms with Gasteiger partial charge < -0.3 is 19.5 Å². The van der Waals surface area contributed by atoms with Crippen LogP contribution in [0, 0.1) is 0 Å². The first kappa shape index (κ1) is 30.9. The zero-order valence-corrected chi connectivity index (χ0v) is 26.7. The van der Waals surface area contributed by atoms with E-state index in [0.29, 0.717) is 55.0 Å². The van der Waals surface area contributed by atoms with Gasteiger partial charge in [-0.15, -0.1) is 0 Å². The number of amides is 1. The predicted molar refractivity (Wildman–Crippen MR) is 181 cm³/mol. The van der Waals surface area contributed by atoms with Crippen LogP contribution in [-0.4, -0.2) is 30.8 Å². The normalized spacial score (nSPS) is 14.3. The Hall–Kier alpha value is -5.12. The third kappa shape index (κ3) is 6.61. The molecule has 6 rings (SSSR count). The molecule has 0 unspecified atom stereocenters. The molecule has 0 radical (unpaired) electrons. The summed E-state index contributed by atoms with van der Waals surface area (Å²) in [6, 6.07) is 31.0. The van der Waals surface area contributed by atoms with Crippen molar-refractivity contribution in [3.8, 4) is 17.2 Å². The fourth-order valence-electron chi connectivity index (χ4n) is 5.22. The zero-order valence-electron chi connectivity index (χ0n) is 25.1. The fraction of sp³-hybridized carbons (Fsp3) is 0.139. The lowest BCUT2D eigenvalue weighted by atomic mass is 9.95. The Labute approximate surface area is 274 Å². The van der Waals surface area contributed by atoms with Gasteiger partial charge in [0.15, 0.2) is 16.3 Å². The van der Waals surface area contributed by atoms with Crippen molar-refractivity contribution in [2.45, 2.75) is 13.0 Å². The van der Waals surface area contributed by atoms with Gasteiger partial charge in [0.1, 0.15) is 19.0 Å². The van der Waals surface area contributed by atoms with Crippen molar-refractivity contribution in [2.24, 2.45) is 4.99 Å². The first-order chi connectivity index (χ1) is 22.4. The molecule has 2 heterocycles. The Balaban J connectivity index is 1.33. The second-order valence-corrected chi connectivity index (χ2v) is 11.8. The Morgan fingerprint density at radius 2 is 1.61 bits per heavy atom. The smallest absolute Gasteiger partial charge is 0.271 e. The number of halogens is 1. The maximum absolute atomic E-state index is 14.1. The van der Waals surface area contributed by atoms with E-state index in [0.717, 1.165) is 11.3 Å². The van der Waals surface area contributed by atoms with Crippen LogP contribution in [0.2, 0.25) is 5.02 Å². The Bertz CT molecular complexity index is 2080. The predicted octanol–water partition coefficient (Wildman–Crippen LogP) is 5.99. The van der Waals surface area contributed by atoms with Gasteiger partial charge in [0, 0.05) is 5.69 Å². The average molecular weight is 652 g/mol. The first-order valence-corrected chi connectivity index (χ1v) is 15.7. The molecule has 1 aliphatic rings. The monoisotopic (exact) mass is 651 g/mol. The number of nitrogens with one attached hydrogen (secondary N) is 1. The zero-order chi connectivity index (χ0) is 32.0. The van der Waals surface area contributed by atoms with Crippen molar-refractivity contribution < 1.29 is 19.0 Å².